The fourth-order valence-electron chi connectivity index (χ4n) is 6.13. The number of hydrogen-bond acceptors (Lipinski definition) is 15. The monoisotopic (exact) mass is 900 g/mol. The van der Waals surface area contributed by atoms with E-state index in [0.717, 1.165) is 11.8 Å². The molecule has 4 unspecified atom stereocenters. The van der Waals surface area contributed by atoms with Gasteiger partial charge in [-0.15, -0.1) is 32.2 Å². The highest BCUT2D eigenvalue weighted by Gasteiger charge is 2.44. The Morgan fingerprint density at radius 2 is 1.57 bits per heavy atom. The Bertz CT molecular complexity index is 1940. The van der Waals surface area contributed by atoms with Gasteiger partial charge in [-0.25, -0.2) is 4.79 Å². The van der Waals surface area contributed by atoms with Crippen molar-refractivity contribution < 1.29 is 58.4 Å². The molecule has 0 saturated carbocycles. The molecule has 0 bridgehead atoms. The zero-order chi connectivity index (χ0) is 47.1. The fraction of sp³-hybridized carbons (Fsp3) is 0.600. The summed E-state index contributed by atoms with van der Waals surface area (Å²) in [5.41, 5.74) is 7.39. The van der Waals surface area contributed by atoms with Crippen LogP contribution in [0.4, 0.5) is 0 Å². The van der Waals surface area contributed by atoms with Crippen molar-refractivity contribution in [3.05, 3.63) is 40.5 Å². The Hall–Kier alpha value is -6.22. The van der Waals surface area contributed by atoms with E-state index in [4.69, 9.17) is 10.3 Å². The summed E-state index contributed by atoms with van der Waals surface area (Å²) in [6.07, 6.45) is 0.442. The summed E-state index contributed by atoms with van der Waals surface area (Å²) in [6, 6.07) is 5.72. The Labute approximate surface area is 368 Å². The number of aryl methyl sites for hydroxylation is 1. The molecule has 2 aromatic rings. The number of aliphatic carboxylic acids is 3. The van der Waals surface area contributed by atoms with Crippen LogP contribution in [0.15, 0.2) is 29.4 Å². The number of ether oxygens (including phenoxy) is 1. The average molecular weight is 901 g/mol. The number of carboxylic acid groups (broad SMARTS) is 3. The smallest absolute Gasteiger partial charge is 0.326 e. The molecule has 0 radical (unpaired) electrons. The predicted molar refractivity (Wildman–Crippen MR) is 227 cm³/mol. The van der Waals surface area contributed by atoms with Crippen LogP contribution >= 0.6 is 11.8 Å². The molecule has 63 heavy (non-hydrogen) atoms. The quantitative estimate of drug-likeness (QED) is 0.0314. The number of thioether (sulfide) groups is 1. The SMILES string of the molecule is Cc1nnc(-c2ccc(OCCCC(=O)CCCC(=O)C(CC(=O)O)SCC(CC(C(=O)NCCCCC(NC(=O)CN=[N+]=[N-])C(=O)O)C(C)(C)C(=O)O)C(=O)N(C)C)cc2)nn1. The molecule has 1 aromatic carbocycles. The number of Topliss-reactive ketones (excluding diaryl/α,β-unsaturated/α-hetero) is 2. The lowest BCUT2D eigenvalue weighted by molar-refractivity contribution is -0.155. The number of rotatable bonds is 31. The summed E-state index contributed by atoms with van der Waals surface area (Å²) in [5.74, 6) is -7.32. The first kappa shape index (κ1) is 52.9. The van der Waals surface area contributed by atoms with Gasteiger partial charge in [0.1, 0.15) is 29.9 Å². The molecule has 1 heterocycles. The third-order valence-corrected chi connectivity index (χ3v) is 11.3. The van der Waals surface area contributed by atoms with Crippen LogP contribution in [0.1, 0.15) is 83.9 Å². The number of carbonyl (C=O) groups excluding carboxylic acids is 5. The fourth-order valence-corrected chi connectivity index (χ4v) is 7.43. The van der Waals surface area contributed by atoms with Gasteiger partial charge in [0.05, 0.1) is 29.6 Å². The number of unbranched alkanes of at least 4 members (excludes halogenated alkanes) is 1. The van der Waals surface area contributed by atoms with Gasteiger partial charge >= 0.3 is 17.9 Å². The molecule has 0 fully saturated rings. The molecule has 0 aliphatic rings. The standard InChI is InChI=1S/C40H56N10O12S/c1-24-45-47-35(48-46-24)25-14-16-28(17-15-25)62-19-9-11-27(51)10-8-13-31(52)32(21-34(54)55)63-23-26(37(57)50(4)5)20-29(40(2,3)39(60)61)36(56)42-18-7-6-12-30(38(58)59)44-33(53)22-43-49-41/h14-17,26,29-30,32H,6-13,18-23H2,1-5H3,(H,42,56)(H,44,53)(H,54,55)(H,58,59)(H,60,61). The van der Waals surface area contributed by atoms with Crippen LogP contribution in [0.5, 0.6) is 5.75 Å². The number of nitrogens with zero attached hydrogens (tertiary/aromatic N) is 8. The molecule has 344 valence electrons. The van der Waals surface area contributed by atoms with Gasteiger partial charge in [0.15, 0.2) is 5.82 Å². The van der Waals surface area contributed by atoms with Crippen LogP contribution in [0.3, 0.4) is 0 Å². The summed E-state index contributed by atoms with van der Waals surface area (Å²) >= 11 is 0.923. The predicted octanol–water partition coefficient (Wildman–Crippen LogP) is 3.27. The second kappa shape index (κ2) is 27.0. The minimum absolute atomic E-state index is 0.00753. The first-order chi connectivity index (χ1) is 29.8. The van der Waals surface area contributed by atoms with E-state index >= 15 is 0 Å². The maximum Gasteiger partial charge on any atom is 0.326 e. The Morgan fingerprint density at radius 1 is 0.921 bits per heavy atom. The van der Waals surface area contributed by atoms with Crippen molar-refractivity contribution in [2.45, 2.75) is 96.3 Å². The Balaban J connectivity index is 1.97. The first-order valence-electron chi connectivity index (χ1n) is 20.2. The molecule has 4 atom stereocenters. The van der Waals surface area contributed by atoms with Gasteiger partial charge in [0.25, 0.3) is 0 Å². The number of ketones is 2. The van der Waals surface area contributed by atoms with Crippen LogP contribution in [-0.4, -0.2) is 139 Å². The lowest BCUT2D eigenvalue weighted by Gasteiger charge is -2.33. The van der Waals surface area contributed by atoms with Crippen molar-refractivity contribution in [1.82, 2.24) is 35.9 Å². The van der Waals surface area contributed by atoms with Crippen LogP contribution in [0.2, 0.25) is 0 Å². The number of carbonyl (C=O) groups is 8. The second-order valence-corrected chi connectivity index (χ2v) is 16.6. The van der Waals surface area contributed by atoms with Gasteiger partial charge in [0, 0.05) is 62.0 Å². The van der Waals surface area contributed by atoms with E-state index in [1.165, 1.54) is 32.8 Å². The molecular formula is C40H56N10O12S. The minimum atomic E-state index is -1.68. The van der Waals surface area contributed by atoms with Gasteiger partial charge in [0.2, 0.25) is 23.5 Å². The number of nitrogens with one attached hydrogen (secondary N) is 2. The third kappa shape index (κ3) is 19.2. The summed E-state index contributed by atoms with van der Waals surface area (Å²) in [6.45, 7) is 4.05. The number of benzene rings is 1. The molecule has 0 spiro atoms. The van der Waals surface area contributed by atoms with E-state index in [-0.39, 0.29) is 76.1 Å². The largest absolute Gasteiger partial charge is 0.494 e. The highest BCUT2D eigenvalue weighted by molar-refractivity contribution is 8.00. The highest BCUT2D eigenvalue weighted by Crippen LogP contribution is 2.35. The van der Waals surface area contributed by atoms with E-state index in [1.54, 1.807) is 31.2 Å². The van der Waals surface area contributed by atoms with Gasteiger partial charge in [-0.05, 0) is 89.1 Å². The molecule has 2 rings (SSSR count). The van der Waals surface area contributed by atoms with E-state index in [1.807, 2.05) is 0 Å². The van der Waals surface area contributed by atoms with Gasteiger partial charge in [-0.3, -0.25) is 33.6 Å². The summed E-state index contributed by atoms with van der Waals surface area (Å²) in [5, 5.41) is 51.8. The number of hydrogen-bond donors (Lipinski definition) is 5. The van der Waals surface area contributed by atoms with Crippen molar-refractivity contribution in [2.24, 2.45) is 22.4 Å². The van der Waals surface area contributed by atoms with Crippen LogP contribution in [0, 0.1) is 24.2 Å². The second-order valence-electron chi connectivity index (χ2n) is 15.4. The van der Waals surface area contributed by atoms with Crippen molar-refractivity contribution in [2.75, 3.05) is 39.5 Å². The summed E-state index contributed by atoms with van der Waals surface area (Å²) < 4.78 is 5.73. The minimum Gasteiger partial charge on any atom is -0.494 e. The van der Waals surface area contributed by atoms with E-state index in [0.29, 0.717) is 29.4 Å². The normalized spacial score (nSPS) is 13.0. The number of amides is 3. The van der Waals surface area contributed by atoms with Gasteiger partial charge in [-0.1, -0.05) is 5.11 Å². The molecule has 1 aromatic heterocycles. The Kier molecular flexibility index (Phi) is 22.7. The highest BCUT2D eigenvalue weighted by atomic mass is 32.2. The molecular weight excluding hydrogens is 845 g/mol. The first-order valence-corrected chi connectivity index (χ1v) is 21.2. The van der Waals surface area contributed by atoms with Gasteiger partial charge in [-0.2, -0.15) is 0 Å². The van der Waals surface area contributed by atoms with Crippen molar-refractivity contribution in [3.63, 3.8) is 0 Å². The zero-order valence-corrected chi connectivity index (χ0v) is 36.8. The molecule has 3 amide bonds. The Morgan fingerprint density at radius 3 is 2.16 bits per heavy atom. The van der Waals surface area contributed by atoms with Crippen LogP contribution < -0.4 is 15.4 Å². The van der Waals surface area contributed by atoms with Crippen LogP contribution in [0.25, 0.3) is 21.8 Å². The lowest BCUT2D eigenvalue weighted by Crippen LogP contribution is -2.46. The molecule has 23 heteroatoms. The van der Waals surface area contributed by atoms with Gasteiger partial charge < -0.3 is 35.6 Å². The topological polar surface area (TPSA) is 334 Å². The molecule has 0 saturated heterocycles. The van der Waals surface area contributed by atoms with E-state index in [9.17, 15) is 53.7 Å². The van der Waals surface area contributed by atoms with Crippen molar-refractivity contribution in [1.29, 1.82) is 0 Å². The number of azide groups is 1. The van der Waals surface area contributed by atoms with Crippen molar-refractivity contribution in [3.8, 4) is 17.1 Å². The van der Waals surface area contributed by atoms with Crippen LogP contribution in [-0.2, 0) is 38.4 Å². The summed E-state index contributed by atoms with van der Waals surface area (Å²) in [4.78, 5) is 104. The number of aromatic nitrogens is 4. The zero-order valence-electron chi connectivity index (χ0n) is 36.0. The molecule has 22 nitrogen and oxygen atoms in total. The average Bonchev–Trinajstić information content (AvgIpc) is 3.23. The lowest BCUT2D eigenvalue weighted by atomic mass is 9.73. The molecule has 0 aliphatic carbocycles. The maximum absolute atomic E-state index is 13.6. The maximum atomic E-state index is 13.6. The van der Waals surface area contributed by atoms with Crippen molar-refractivity contribution >= 4 is 59.0 Å². The summed E-state index contributed by atoms with van der Waals surface area (Å²) in [7, 11) is 2.94. The van der Waals surface area contributed by atoms with E-state index < -0.39 is 82.9 Å². The molecule has 0 aliphatic heterocycles. The number of carboxylic acids is 3. The molecule has 5 N–H and O–H groups in total. The van der Waals surface area contributed by atoms with E-state index in [2.05, 4.69) is 41.1 Å². The third-order valence-electron chi connectivity index (χ3n) is 9.84.